The molecular formula is C27H30N2O4. The summed E-state index contributed by atoms with van der Waals surface area (Å²) in [5.41, 5.74) is 3.91. The average Bonchev–Trinajstić information content (AvgIpc) is 2.79. The van der Waals surface area contributed by atoms with Crippen molar-refractivity contribution in [3.05, 3.63) is 83.4 Å². The third-order valence-electron chi connectivity index (χ3n) is 5.25. The summed E-state index contributed by atoms with van der Waals surface area (Å²) < 4.78 is 10.5. The van der Waals surface area contributed by atoms with Gasteiger partial charge < -0.3 is 20.1 Å². The van der Waals surface area contributed by atoms with Gasteiger partial charge >= 0.3 is 0 Å². The Morgan fingerprint density at radius 2 is 1.33 bits per heavy atom. The number of rotatable bonds is 7. The molecule has 0 atom stereocenters. The van der Waals surface area contributed by atoms with Crippen LogP contribution < -0.4 is 20.1 Å². The van der Waals surface area contributed by atoms with Gasteiger partial charge in [0.2, 0.25) is 5.91 Å². The maximum Gasteiger partial charge on any atom is 0.255 e. The molecule has 0 fully saturated rings. The molecule has 3 aromatic rings. The minimum Gasteiger partial charge on any atom is -0.493 e. The van der Waals surface area contributed by atoms with E-state index in [1.54, 1.807) is 50.6 Å². The molecule has 0 saturated carbocycles. The molecule has 0 unspecified atom stereocenters. The molecule has 6 heteroatoms. The molecule has 0 aliphatic heterocycles. The molecule has 33 heavy (non-hydrogen) atoms. The predicted octanol–water partition coefficient (Wildman–Crippen LogP) is 5.43. The fraction of sp³-hybridized carbons (Fsp3) is 0.259. The summed E-state index contributed by atoms with van der Waals surface area (Å²) in [6.45, 7) is 6.41. The van der Waals surface area contributed by atoms with Crippen molar-refractivity contribution in [1.29, 1.82) is 0 Å². The summed E-state index contributed by atoms with van der Waals surface area (Å²) in [5, 5.41) is 5.75. The Labute approximate surface area is 194 Å². The first kappa shape index (κ1) is 23.9. The Morgan fingerprint density at radius 1 is 0.758 bits per heavy atom. The molecule has 6 nitrogen and oxygen atoms in total. The minimum absolute atomic E-state index is 0.0364. The second-order valence-electron chi connectivity index (χ2n) is 8.77. The number of carbonyl (C=O) groups is 2. The molecule has 172 valence electrons. The second-order valence-corrected chi connectivity index (χ2v) is 8.77. The monoisotopic (exact) mass is 446 g/mol. The van der Waals surface area contributed by atoms with E-state index < -0.39 is 0 Å². The van der Waals surface area contributed by atoms with Crippen LogP contribution in [0, 0.1) is 0 Å². The van der Waals surface area contributed by atoms with E-state index in [4.69, 9.17) is 9.47 Å². The van der Waals surface area contributed by atoms with Crippen molar-refractivity contribution in [1.82, 2.24) is 0 Å². The van der Waals surface area contributed by atoms with Gasteiger partial charge in [0.1, 0.15) is 0 Å². The Hall–Kier alpha value is -3.80. The molecule has 3 rings (SSSR count). The topological polar surface area (TPSA) is 76.7 Å². The predicted molar refractivity (Wildman–Crippen MR) is 131 cm³/mol. The van der Waals surface area contributed by atoms with Crippen molar-refractivity contribution in [2.45, 2.75) is 32.6 Å². The van der Waals surface area contributed by atoms with E-state index in [2.05, 4.69) is 31.4 Å². The SMILES string of the molecule is COc1ccc(CC(=O)Nc2ccc(NC(=O)c3ccc(C(C)(C)C)cc3)cc2)cc1OC. The number of carbonyl (C=O) groups excluding carboxylic acids is 2. The minimum atomic E-state index is -0.180. The highest BCUT2D eigenvalue weighted by Gasteiger charge is 2.14. The van der Waals surface area contributed by atoms with Gasteiger partial charge in [0.25, 0.3) is 5.91 Å². The molecule has 0 aliphatic carbocycles. The fourth-order valence-corrected chi connectivity index (χ4v) is 3.34. The lowest BCUT2D eigenvalue weighted by atomic mass is 9.87. The van der Waals surface area contributed by atoms with Crippen LogP contribution in [0.3, 0.4) is 0 Å². The van der Waals surface area contributed by atoms with Crippen LogP contribution in [0.4, 0.5) is 11.4 Å². The summed E-state index contributed by atoms with van der Waals surface area (Å²) >= 11 is 0. The van der Waals surface area contributed by atoms with Crippen LogP contribution >= 0.6 is 0 Å². The maximum absolute atomic E-state index is 12.5. The summed E-state index contributed by atoms with van der Waals surface area (Å²) in [7, 11) is 3.13. The van der Waals surface area contributed by atoms with Gasteiger partial charge in [-0.3, -0.25) is 9.59 Å². The Kier molecular flexibility index (Phi) is 7.38. The van der Waals surface area contributed by atoms with Crippen molar-refractivity contribution in [3.63, 3.8) is 0 Å². The van der Waals surface area contributed by atoms with E-state index in [1.807, 2.05) is 30.3 Å². The molecule has 0 heterocycles. The first-order valence-corrected chi connectivity index (χ1v) is 10.7. The number of hydrogen-bond donors (Lipinski definition) is 2. The van der Waals surface area contributed by atoms with Crippen LogP contribution in [0.15, 0.2) is 66.7 Å². The van der Waals surface area contributed by atoms with E-state index in [0.29, 0.717) is 28.4 Å². The Morgan fingerprint density at radius 3 is 1.88 bits per heavy atom. The highest BCUT2D eigenvalue weighted by Crippen LogP contribution is 2.28. The van der Waals surface area contributed by atoms with Gasteiger partial charge in [-0.15, -0.1) is 0 Å². The quantitative estimate of drug-likeness (QED) is 0.507. The largest absolute Gasteiger partial charge is 0.493 e. The zero-order chi connectivity index (χ0) is 24.0. The zero-order valence-corrected chi connectivity index (χ0v) is 19.7. The number of ether oxygens (including phenoxy) is 2. The smallest absolute Gasteiger partial charge is 0.255 e. The number of methoxy groups -OCH3 is 2. The first-order chi connectivity index (χ1) is 15.7. The number of benzene rings is 3. The van der Waals surface area contributed by atoms with Gasteiger partial charge in [0.15, 0.2) is 11.5 Å². The van der Waals surface area contributed by atoms with Crippen molar-refractivity contribution < 1.29 is 19.1 Å². The number of amides is 2. The Balaban J connectivity index is 1.57. The van der Waals surface area contributed by atoms with Gasteiger partial charge in [0, 0.05) is 16.9 Å². The number of anilines is 2. The summed E-state index contributed by atoms with van der Waals surface area (Å²) in [4.78, 5) is 25.0. The summed E-state index contributed by atoms with van der Waals surface area (Å²) in [6, 6.07) is 20.0. The number of nitrogens with one attached hydrogen (secondary N) is 2. The molecule has 2 amide bonds. The van der Waals surface area contributed by atoms with Gasteiger partial charge in [-0.2, -0.15) is 0 Å². The van der Waals surface area contributed by atoms with Crippen molar-refractivity contribution in [2.24, 2.45) is 0 Å². The summed E-state index contributed by atoms with van der Waals surface area (Å²) in [5.74, 6) is 0.860. The molecule has 0 radical (unpaired) electrons. The molecule has 0 bridgehead atoms. The van der Waals surface area contributed by atoms with Crippen LogP contribution in [0.2, 0.25) is 0 Å². The molecule has 0 aromatic heterocycles. The van der Waals surface area contributed by atoms with Crippen LogP contribution in [0.5, 0.6) is 11.5 Å². The van der Waals surface area contributed by atoms with Gasteiger partial charge in [0.05, 0.1) is 20.6 Å². The van der Waals surface area contributed by atoms with E-state index in [-0.39, 0.29) is 23.7 Å². The van der Waals surface area contributed by atoms with E-state index >= 15 is 0 Å². The second kappa shape index (κ2) is 10.2. The third kappa shape index (κ3) is 6.35. The lowest BCUT2D eigenvalue weighted by Gasteiger charge is -2.19. The lowest BCUT2D eigenvalue weighted by molar-refractivity contribution is -0.115. The van der Waals surface area contributed by atoms with E-state index in [0.717, 1.165) is 5.56 Å². The molecule has 3 aromatic carbocycles. The first-order valence-electron chi connectivity index (χ1n) is 10.7. The Bertz CT molecular complexity index is 1110. The lowest BCUT2D eigenvalue weighted by Crippen LogP contribution is -2.15. The highest BCUT2D eigenvalue weighted by atomic mass is 16.5. The molecule has 0 aliphatic rings. The van der Waals surface area contributed by atoms with Crippen molar-refractivity contribution in [3.8, 4) is 11.5 Å². The van der Waals surface area contributed by atoms with Crippen LogP contribution in [0.1, 0.15) is 42.3 Å². The van der Waals surface area contributed by atoms with Gasteiger partial charge in [-0.1, -0.05) is 39.0 Å². The molecule has 2 N–H and O–H groups in total. The van der Waals surface area contributed by atoms with Gasteiger partial charge in [-0.05, 0) is 65.1 Å². The third-order valence-corrected chi connectivity index (χ3v) is 5.25. The van der Waals surface area contributed by atoms with Crippen LogP contribution in [-0.4, -0.2) is 26.0 Å². The summed E-state index contributed by atoms with van der Waals surface area (Å²) in [6.07, 6.45) is 0.198. The molecule has 0 spiro atoms. The van der Waals surface area contributed by atoms with Crippen LogP contribution in [-0.2, 0) is 16.6 Å². The van der Waals surface area contributed by atoms with Crippen molar-refractivity contribution in [2.75, 3.05) is 24.9 Å². The highest BCUT2D eigenvalue weighted by molar-refractivity contribution is 6.04. The average molecular weight is 447 g/mol. The molecule has 0 saturated heterocycles. The molecular weight excluding hydrogens is 416 g/mol. The zero-order valence-electron chi connectivity index (χ0n) is 19.7. The van der Waals surface area contributed by atoms with E-state index in [9.17, 15) is 9.59 Å². The number of hydrogen-bond acceptors (Lipinski definition) is 4. The van der Waals surface area contributed by atoms with Crippen molar-refractivity contribution >= 4 is 23.2 Å². The standard InChI is InChI=1S/C27H30N2O4/c1-27(2,3)20-9-7-19(8-10-20)26(31)29-22-13-11-21(12-14-22)28-25(30)17-18-6-15-23(32-4)24(16-18)33-5/h6-16H,17H2,1-5H3,(H,28,30)(H,29,31). The van der Waals surface area contributed by atoms with Crippen LogP contribution in [0.25, 0.3) is 0 Å². The van der Waals surface area contributed by atoms with Gasteiger partial charge in [-0.25, -0.2) is 0 Å². The normalized spacial score (nSPS) is 10.9. The fourth-order valence-electron chi connectivity index (χ4n) is 3.34. The maximum atomic E-state index is 12.5. The van der Waals surface area contributed by atoms with E-state index in [1.165, 1.54) is 5.56 Å².